The first-order valence-corrected chi connectivity index (χ1v) is 13.5. The number of nitrogens with two attached hydrogens (primary N) is 2. The van der Waals surface area contributed by atoms with Crippen LogP contribution in [0, 0.1) is 0 Å². The number of anilines is 4. The lowest BCUT2D eigenvalue weighted by Crippen LogP contribution is -2.46. The molecular weight excluding hydrogens is 508 g/mol. The fourth-order valence-corrected chi connectivity index (χ4v) is 4.89. The highest BCUT2D eigenvalue weighted by atomic mass is 15.5. The Morgan fingerprint density at radius 3 is 1.55 bits per heavy atom. The second kappa shape index (κ2) is 12.7. The third kappa shape index (κ3) is 7.01. The molecule has 0 radical (unpaired) electrons. The molecule has 0 aliphatic carbocycles. The Labute approximate surface area is 234 Å². The summed E-state index contributed by atoms with van der Waals surface area (Å²) in [5, 5.41) is 8.42. The Kier molecular flexibility index (Phi) is 8.66. The van der Waals surface area contributed by atoms with Crippen molar-refractivity contribution in [3.8, 4) is 0 Å². The topological polar surface area (TPSA) is 152 Å². The van der Waals surface area contributed by atoms with Crippen molar-refractivity contribution >= 4 is 23.8 Å². The quantitative estimate of drug-likeness (QED) is 0.340. The summed E-state index contributed by atoms with van der Waals surface area (Å²) in [5.41, 5.74) is 14.0. The lowest BCUT2D eigenvalue weighted by molar-refractivity contribution is 0.248. The van der Waals surface area contributed by atoms with Gasteiger partial charge in [-0.15, -0.1) is 10.2 Å². The van der Waals surface area contributed by atoms with E-state index in [9.17, 15) is 0 Å². The molecule has 4 N–H and O–H groups in total. The summed E-state index contributed by atoms with van der Waals surface area (Å²) in [4.78, 5) is 25.9. The normalized spacial score (nSPS) is 16.6. The predicted molar refractivity (Wildman–Crippen MR) is 154 cm³/mol. The highest BCUT2D eigenvalue weighted by molar-refractivity contribution is 5.36. The van der Waals surface area contributed by atoms with Gasteiger partial charge in [-0.25, -0.2) is 9.36 Å². The molecule has 0 aromatic carbocycles. The van der Waals surface area contributed by atoms with Crippen molar-refractivity contribution in [3.05, 3.63) is 60.2 Å². The van der Waals surface area contributed by atoms with Crippen LogP contribution in [0.3, 0.4) is 0 Å². The smallest absolute Gasteiger partial charge is 0.246 e. The Hall–Kier alpha value is -4.30. The van der Waals surface area contributed by atoms with Gasteiger partial charge in [0.15, 0.2) is 0 Å². The van der Waals surface area contributed by atoms with Crippen molar-refractivity contribution in [3.63, 3.8) is 0 Å². The number of pyridine rings is 2. The molecule has 0 bridgehead atoms. The standard InChI is InChI=1S/2C13H19N7/c1-18-12(14)16-13(17-18)20-8-6-19(7-9-20)10-11-2-4-15-5-3-11;1-18-13(16-12(14)17-18)20-8-6-19(7-9-20)10-11-2-4-15-5-3-11/h2-5H,6-10H2,1H3,(H2,14,16,17);2-5H,6-10H2,1H3,(H2,14,17). The SMILES string of the molecule is Cn1nc(N)nc1N1CCN(Cc2ccncc2)CC1.Cn1nc(N2CCN(Cc3ccncc3)CC2)nc1N. The number of aromatic nitrogens is 8. The molecule has 4 aromatic rings. The summed E-state index contributed by atoms with van der Waals surface area (Å²) in [6.07, 6.45) is 7.36. The molecule has 212 valence electrons. The second-order valence-corrected chi connectivity index (χ2v) is 10.0. The minimum absolute atomic E-state index is 0.335. The molecule has 6 rings (SSSR count). The highest BCUT2D eigenvalue weighted by Crippen LogP contribution is 2.16. The van der Waals surface area contributed by atoms with Crippen LogP contribution in [-0.2, 0) is 27.2 Å². The fourth-order valence-electron chi connectivity index (χ4n) is 4.89. The number of nitrogens with zero attached hydrogens (tertiary/aromatic N) is 12. The molecular formula is C26H38N14. The van der Waals surface area contributed by atoms with Gasteiger partial charge < -0.3 is 21.3 Å². The molecule has 2 aliphatic heterocycles. The zero-order valence-corrected chi connectivity index (χ0v) is 23.2. The van der Waals surface area contributed by atoms with Crippen molar-refractivity contribution in [1.29, 1.82) is 0 Å². The second-order valence-electron chi connectivity index (χ2n) is 10.0. The van der Waals surface area contributed by atoms with Gasteiger partial charge in [0.25, 0.3) is 0 Å². The van der Waals surface area contributed by atoms with Gasteiger partial charge in [-0.05, 0) is 35.4 Å². The van der Waals surface area contributed by atoms with Crippen LogP contribution in [0.5, 0.6) is 0 Å². The van der Waals surface area contributed by atoms with E-state index in [4.69, 9.17) is 11.5 Å². The van der Waals surface area contributed by atoms with Crippen LogP contribution in [0.4, 0.5) is 23.8 Å². The van der Waals surface area contributed by atoms with E-state index in [-0.39, 0.29) is 0 Å². The molecule has 2 aliphatic rings. The van der Waals surface area contributed by atoms with E-state index in [0.717, 1.165) is 77.3 Å². The average Bonchev–Trinajstić information content (AvgIpc) is 3.50. The van der Waals surface area contributed by atoms with Gasteiger partial charge in [0.1, 0.15) is 0 Å². The molecule has 14 heteroatoms. The van der Waals surface area contributed by atoms with Crippen LogP contribution in [0.1, 0.15) is 11.1 Å². The molecule has 0 spiro atoms. The minimum atomic E-state index is 0.335. The molecule has 6 heterocycles. The van der Waals surface area contributed by atoms with Crippen LogP contribution < -0.4 is 21.3 Å². The fraction of sp³-hybridized carbons (Fsp3) is 0.462. The summed E-state index contributed by atoms with van der Waals surface area (Å²) in [6.45, 7) is 9.69. The summed E-state index contributed by atoms with van der Waals surface area (Å²) >= 11 is 0. The molecule has 14 nitrogen and oxygen atoms in total. The Balaban J connectivity index is 0.000000161. The molecule has 0 unspecified atom stereocenters. The Morgan fingerprint density at radius 2 is 1.12 bits per heavy atom. The summed E-state index contributed by atoms with van der Waals surface area (Å²) in [7, 11) is 3.69. The van der Waals surface area contributed by atoms with Gasteiger partial charge in [-0.3, -0.25) is 19.8 Å². The molecule has 2 fully saturated rings. The van der Waals surface area contributed by atoms with Crippen LogP contribution in [0.2, 0.25) is 0 Å². The number of nitrogen functional groups attached to an aromatic ring is 2. The Morgan fingerprint density at radius 1 is 0.625 bits per heavy atom. The van der Waals surface area contributed by atoms with Gasteiger partial charge >= 0.3 is 0 Å². The average molecular weight is 547 g/mol. The third-order valence-electron chi connectivity index (χ3n) is 7.16. The maximum absolute atomic E-state index is 5.72. The summed E-state index contributed by atoms with van der Waals surface area (Å²) in [5.74, 6) is 2.38. The van der Waals surface area contributed by atoms with Crippen LogP contribution in [0.15, 0.2) is 49.1 Å². The number of aryl methyl sites for hydroxylation is 2. The van der Waals surface area contributed by atoms with Crippen molar-refractivity contribution in [1.82, 2.24) is 49.3 Å². The van der Waals surface area contributed by atoms with Gasteiger partial charge in [0.2, 0.25) is 23.8 Å². The van der Waals surface area contributed by atoms with Crippen molar-refractivity contribution in [2.24, 2.45) is 14.1 Å². The van der Waals surface area contributed by atoms with Crippen LogP contribution in [0.25, 0.3) is 0 Å². The molecule has 4 aromatic heterocycles. The predicted octanol–water partition coefficient (Wildman–Crippen LogP) is 0.229. The lowest BCUT2D eigenvalue weighted by Gasteiger charge is -2.34. The molecule has 0 amide bonds. The van der Waals surface area contributed by atoms with E-state index in [1.165, 1.54) is 11.1 Å². The molecule has 0 saturated carbocycles. The zero-order chi connectivity index (χ0) is 27.9. The first-order valence-electron chi connectivity index (χ1n) is 13.5. The van der Waals surface area contributed by atoms with Gasteiger partial charge in [-0.2, -0.15) is 9.97 Å². The zero-order valence-electron chi connectivity index (χ0n) is 23.2. The van der Waals surface area contributed by atoms with Crippen LogP contribution in [-0.4, -0.2) is 102 Å². The summed E-state index contributed by atoms with van der Waals surface area (Å²) < 4.78 is 3.35. The molecule has 40 heavy (non-hydrogen) atoms. The number of hydrogen-bond donors (Lipinski definition) is 2. The maximum Gasteiger partial charge on any atom is 0.246 e. The minimum Gasteiger partial charge on any atom is -0.368 e. The number of rotatable bonds is 6. The monoisotopic (exact) mass is 546 g/mol. The lowest BCUT2D eigenvalue weighted by atomic mass is 10.2. The van der Waals surface area contributed by atoms with Crippen molar-refractivity contribution in [2.45, 2.75) is 13.1 Å². The Bertz CT molecular complexity index is 1300. The first kappa shape index (κ1) is 27.3. The highest BCUT2D eigenvalue weighted by Gasteiger charge is 2.22. The van der Waals surface area contributed by atoms with E-state index in [2.05, 4.69) is 74.0 Å². The van der Waals surface area contributed by atoms with Crippen molar-refractivity contribution in [2.75, 3.05) is 73.6 Å². The summed E-state index contributed by atoms with van der Waals surface area (Å²) in [6, 6.07) is 8.26. The van der Waals surface area contributed by atoms with E-state index >= 15 is 0 Å². The molecule has 0 atom stereocenters. The van der Waals surface area contributed by atoms with E-state index in [1.807, 2.05) is 38.9 Å². The first-order chi connectivity index (χ1) is 19.4. The maximum atomic E-state index is 5.72. The number of piperazine rings is 2. The molecule has 2 saturated heterocycles. The van der Waals surface area contributed by atoms with Gasteiger partial charge in [-0.1, -0.05) is 0 Å². The van der Waals surface area contributed by atoms with Gasteiger partial charge in [0.05, 0.1) is 0 Å². The van der Waals surface area contributed by atoms with E-state index in [0.29, 0.717) is 11.9 Å². The van der Waals surface area contributed by atoms with Crippen molar-refractivity contribution < 1.29 is 0 Å². The van der Waals surface area contributed by atoms with E-state index < -0.39 is 0 Å². The largest absolute Gasteiger partial charge is 0.368 e. The van der Waals surface area contributed by atoms with E-state index in [1.54, 1.807) is 9.36 Å². The van der Waals surface area contributed by atoms with Crippen LogP contribution >= 0.6 is 0 Å². The van der Waals surface area contributed by atoms with Gasteiger partial charge in [0, 0.05) is 104 Å². The number of hydrogen-bond acceptors (Lipinski definition) is 12. The third-order valence-corrected chi connectivity index (χ3v) is 7.16.